The first-order valence-corrected chi connectivity index (χ1v) is 5.24. The zero-order valence-electron chi connectivity index (χ0n) is 9.60. The van der Waals surface area contributed by atoms with E-state index in [9.17, 15) is 14.4 Å². The Morgan fingerprint density at radius 2 is 2.18 bits per heavy atom. The van der Waals surface area contributed by atoms with Crippen LogP contribution in [0.3, 0.4) is 0 Å². The summed E-state index contributed by atoms with van der Waals surface area (Å²) >= 11 is 0. The van der Waals surface area contributed by atoms with E-state index in [-0.39, 0.29) is 19.0 Å². The fourth-order valence-electron chi connectivity index (χ4n) is 1.50. The van der Waals surface area contributed by atoms with Gasteiger partial charge in [0, 0.05) is 20.1 Å². The Bertz CT molecular complexity index is 374. The molecule has 0 spiro atoms. The fraction of sp³-hybridized carbons (Fsp3) is 0.600. The third kappa shape index (κ3) is 3.45. The molecule has 3 amide bonds. The summed E-state index contributed by atoms with van der Waals surface area (Å²) < 4.78 is 0. The molecule has 0 aromatic rings. The smallest absolute Gasteiger partial charge is 0.312 e. The quantitative estimate of drug-likeness (QED) is 0.436. The average Bonchev–Trinajstić information content (AvgIpc) is 2.48. The molecule has 17 heavy (non-hydrogen) atoms. The van der Waals surface area contributed by atoms with Crippen molar-refractivity contribution in [2.24, 2.45) is 0 Å². The van der Waals surface area contributed by atoms with Crippen LogP contribution in [-0.2, 0) is 14.4 Å². The zero-order chi connectivity index (χ0) is 12.8. The van der Waals surface area contributed by atoms with Crippen molar-refractivity contribution in [2.75, 3.05) is 33.2 Å². The Balaban J connectivity index is 2.60. The molecule has 1 saturated heterocycles. The minimum atomic E-state index is -0.844. The number of rotatable bonds is 1. The molecular formula is C10H14N4O3. The monoisotopic (exact) mass is 238 g/mol. The van der Waals surface area contributed by atoms with E-state index in [1.165, 1.54) is 9.80 Å². The van der Waals surface area contributed by atoms with Gasteiger partial charge in [-0.25, -0.2) is 0 Å². The molecule has 1 rings (SSSR count). The van der Waals surface area contributed by atoms with Crippen molar-refractivity contribution in [3.05, 3.63) is 0 Å². The molecule has 1 heterocycles. The molecule has 92 valence electrons. The van der Waals surface area contributed by atoms with Gasteiger partial charge in [0.2, 0.25) is 5.91 Å². The Morgan fingerprint density at radius 1 is 1.47 bits per heavy atom. The Hall–Kier alpha value is -2.10. The van der Waals surface area contributed by atoms with E-state index < -0.39 is 11.8 Å². The highest BCUT2D eigenvalue weighted by molar-refractivity contribution is 6.35. The number of likely N-dealkylation sites (N-methyl/N-ethyl adjacent to an activating group) is 1. The van der Waals surface area contributed by atoms with Crippen molar-refractivity contribution in [1.82, 2.24) is 15.1 Å². The summed E-state index contributed by atoms with van der Waals surface area (Å²) in [6.07, 6.45) is 0.638. The number of carbonyl (C=O) groups is 3. The van der Waals surface area contributed by atoms with E-state index in [4.69, 9.17) is 5.26 Å². The van der Waals surface area contributed by atoms with E-state index in [0.717, 1.165) is 0 Å². The van der Waals surface area contributed by atoms with Gasteiger partial charge in [0.1, 0.15) is 13.1 Å². The van der Waals surface area contributed by atoms with Crippen LogP contribution >= 0.6 is 0 Å². The second-order valence-corrected chi connectivity index (χ2v) is 3.74. The fourth-order valence-corrected chi connectivity index (χ4v) is 1.50. The molecular weight excluding hydrogens is 224 g/mol. The molecule has 7 nitrogen and oxygen atoms in total. The van der Waals surface area contributed by atoms with Crippen LogP contribution in [0, 0.1) is 11.3 Å². The lowest BCUT2D eigenvalue weighted by Crippen LogP contribution is -2.45. The molecule has 0 bridgehead atoms. The standard InChI is InChI=1S/C10H14N4O3/c1-13-5-2-6-14(7-8(13)15)10(17)9(16)12-4-3-11/h2,4-7H2,1H3,(H,12,16). The van der Waals surface area contributed by atoms with Crippen molar-refractivity contribution >= 4 is 17.7 Å². The van der Waals surface area contributed by atoms with Crippen LogP contribution in [0.25, 0.3) is 0 Å². The first-order chi connectivity index (χ1) is 8.06. The lowest BCUT2D eigenvalue weighted by molar-refractivity contribution is -0.147. The maximum absolute atomic E-state index is 11.6. The van der Waals surface area contributed by atoms with E-state index >= 15 is 0 Å². The first kappa shape index (κ1) is 13.0. The van der Waals surface area contributed by atoms with Gasteiger partial charge >= 0.3 is 11.8 Å². The number of nitriles is 1. The number of nitrogens with one attached hydrogen (secondary N) is 1. The lowest BCUT2D eigenvalue weighted by Gasteiger charge is -2.18. The minimum absolute atomic E-state index is 0.0880. The van der Waals surface area contributed by atoms with Gasteiger partial charge in [-0.2, -0.15) is 5.26 Å². The van der Waals surface area contributed by atoms with Gasteiger partial charge in [0.05, 0.1) is 6.07 Å². The Kier molecular flexibility index (Phi) is 4.46. The molecule has 1 N–H and O–H groups in total. The second-order valence-electron chi connectivity index (χ2n) is 3.74. The second kappa shape index (κ2) is 5.84. The molecule has 1 aliphatic heterocycles. The highest BCUT2D eigenvalue weighted by Crippen LogP contribution is 2.02. The van der Waals surface area contributed by atoms with E-state index in [2.05, 4.69) is 5.32 Å². The van der Waals surface area contributed by atoms with Crippen LogP contribution in [0.1, 0.15) is 6.42 Å². The maximum Gasteiger partial charge on any atom is 0.312 e. The molecule has 0 aromatic heterocycles. The van der Waals surface area contributed by atoms with Gasteiger partial charge in [-0.15, -0.1) is 0 Å². The van der Waals surface area contributed by atoms with Crippen LogP contribution in [0.4, 0.5) is 0 Å². The summed E-state index contributed by atoms with van der Waals surface area (Å²) in [6.45, 7) is 0.638. The predicted molar refractivity (Wildman–Crippen MR) is 57.5 cm³/mol. The van der Waals surface area contributed by atoms with E-state index in [1.54, 1.807) is 13.1 Å². The Morgan fingerprint density at radius 3 is 2.82 bits per heavy atom. The van der Waals surface area contributed by atoms with Crippen molar-refractivity contribution in [3.63, 3.8) is 0 Å². The molecule has 7 heteroatoms. The summed E-state index contributed by atoms with van der Waals surface area (Å²) in [4.78, 5) is 37.2. The molecule has 0 radical (unpaired) electrons. The molecule has 0 atom stereocenters. The topological polar surface area (TPSA) is 93.5 Å². The number of amides is 3. The van der Waals surface area contributed by atoms with Crippen LogP contribution in [0.2, 0.25) is 0 Å². The summed E-state index contributed by atoms with van der Waals surface area (Å²) in [7, 11) is 1.66. The zero-order valence-corrected chi connectivity index (χ0v) is 9.60. The Labute approximate surface area is 99.0 Å². The van der Waals surface area contributed by atoms with E-state index in [0.29, 0.717) is 19.5 Å². The van der Waals surface area contributed by atoms with Gasteiger partial charge in [-0.3, -0.25) is 14.4 Å². The van der Waals surface area contributed by atoms with Gasteiger partial charge < -0.3 is 15.1 Å². The number of nitrogens with zero attached hydrogens (tertiary/aromatic N) is 3. The third-order valence-electron chi connectivity index (χ3n) is 2.48. The van der Waals surface area contributed by atoms with Gasteiger partial charge in [0.15, 0.2) is 0 Å². The summed E-state index contributed by atoms with van der Waals surface area (Å²) in [6, 6.07) is 1.71. The predicted octanol–water partition coefficient (Wildman–Crippen LogP) is -1.68. The van der Waals surface area contributed by atoms with Crippen LogP contribution in [0.15, 0.2) is 0 Å². The number of hydrogen-bond acceptors (Lipinski definition) is 4. The average molecular weight is 238 g/mol. The van der Waals surface area contributed by atoms with Gasteiger partial charge in [-0.05, 0) is 6.42 Å². The first-order valence-electron chi connectivity index (χ1n) is 5.24. The minimum Gasteiger partial charge on any atom is -0.344 e. The van der Waals surface area contributed by atoms with Crippen molar-refractivity contribution in [1.29, 1.82) is 5.26 Å². The molecule has 1 aliphatic rings. The molecule has 0 saturated carbocycles. The SMILES string of the molecule is CN1CCCN(C(=O)C(=O)NCC#N)CC1=O. The van der Waals surface area contributed by atoms with Crippen LogP contribution in [-0.4, -0.2) is 60.7 Å². The van der Waals surface area contributed by atoms with Gasteiger partial charge in [0.25, 0.3) is 0 Å². The van der Waals surface area contributed by atoms with Crippen molar-refractivity contribution in [3.8, 4) is 6.07 Å². The lowest BCUT2D eigenvalue weighted by atomic mass is 10.3. The number of hydrogen-bond donors (Lipinski definition) is 1. The third-order valence-corrected chi connectivity index (χ3v) is 2.48. The van der Waals surface area contributed by atoms with Crippen molar-refractivity contribution in [2.45, 2.75) is 6.42 Å². The summed E-state index contributed by atoms with van der Waals surface area (Å²) in [5.74, 6) is -1.79. The van der Waals surface area contributed by atoms with Crippen LogP contribution in [0.5, 0.6) is 0 Å². The normalized spacial score (nSPS) is 16.1. The highest BCUT2D eigenvalue weighted by atomic mass is 16.2. The summed E-state index contributed by atoms with van der Waals surface area (Å²) in [5.41, 5.74) is 0. The number of carbonyl (C=O) groups excluding carboxylic acids is 3. The largest absolute Gasteiger partial charge is 0.344 e. The molecule has 0 aromatic carbocycles. The molecule has 1 fully saturated rings. The van der Waals surface area contributed by atoms with Gasteiger partial charge in [-0.1, -0.05) is 0 Å². The highest BCUT2D eigenvalue weighted by Gasteiger charge is 2.26. The summed E-state index contributed by atoms with van der Waals surface area (Å²) in [5, 5.41) is 10.4. The molecule has 0 unspecified atom stereocenters. The molecule has 0 aliphatic carbocycles. The van der Waals surface area contributed by atoms with Crippen molar-refractivity contribution < 1.29 is 14.4 Å². The van der Waals surface area contributed by atoms with Crippen LogP contribution < -0.4 is 5.32 Å². The van der Waals surface area contributed by atoms with E-state index in [1.807, 2.05) is 0 Å². The maximum atomic E-state index is 11.6.